The van der Waals surface area contributed by atoms with Crippen LogP contribution < -0.4 is 10.6 Å². The Morgan fingerprint density at radius 2 is 2.20 bits per heavy atom. The molecule has 4 heteroatoms. The molecule has 0 aromatic carbocycles. The van der Waals surface area contributed by atoms with E-state index in [4.69, 9.17) is 10.8 Å². The van der Waals surface area contributed by atoms with E-state index in [-0.39, 0.29) is 6.61 Å². The molecule has 0 aliphatic rings. The van der Waals surface area contributed by atoms with Crippen LogP contribution in [0.1, 0.15) is 19.5 Å². The number of hydrogen-bond donors (Lipinski definition) is 2. The summed E-state index contributed by atoms with van der Waals surface area (Å²) in [6.45, 7) is 5.32. The van der Waals surface area contributed by atoms with Gasteiger partial charge in [0, 0.05) is 19.1 Å². The molecule has 84 valence electrons. The number of pyridine rings is 1. The van der Waals surface area contributed by atoms with Crippen molar-refractivity contribution in [2.24, 2.45) is 5.73 Å². The zero-order valence-corrected chi connectivity index (χ0v) is 9.35. The Balaban J connectivity index is 2.89. The van der Waals surface area contributed by atoms with Crippen molar-refractivity contribution >= 4 is 5.82 Å². The average molecular weight is 209 g/mol. The van der Waals surface area contributed by atoms with E-state index in [1.807, 2.05) is 18.2 Å². The molecule has 1 aromatic rings. The van der Waals surface area contributed by atoms with E-state index >= 15 is 0 Å². The lowest BCUT2D eigenvalue weighted by molar-refractivity contribution is 0.298. The van der Waals surface area contributed by atoms with Crippen molar-refractivity contribution in [3.8, 4) is 0 Å². The summed E-state index contributed by atoms with van der Waals surface area (Å²) in [5.41, 5.74) is 6.41. The number of aromatic nitrogens is 1. The molecule has 0 radical (unpaired) electrons. The van der Waals surface area contributed by atoms with Gasteiger partial charge in [-0.25, -0.2) is 4.98 Å². The van der Waals surface area contributed by atoms with Crippen molar-refractivity contribution in [3.05, 3.63) is 23.9 Å². The quantitative estimate of drug-likeness (QED) is 0.751. The Morgan fingerprint density at radius 1 is 1.47 bits per heavy atom. The third-order valence-electron chi connectivity index (χ3n) is 2.26. The van der Waals surface area contributed by atoms with Crippen LogP contribution in [0, 0.1) is 0 Å². The topological polar surface area (TPSA) is 62.4 Å². The molecule has 0 aliphatic carbocycles. The lowest BCUT2D eigenvalue weighted by Gasteiger charge is -2.27. The van der Waals surface area contributed by atoms with E-state index in [1.165, 1.54) is 0 Å². The van der Waals surface area contributed by atoms with Crippen LogP contribution >= 0.6 is 0 Å². The maximum Gasteiger partial charge on any atom is 0.129 e. The zero-order chi connectivity index (χ0) is 11.3. The van der Waals surface area contributed by atoms with Gasteiger partial charge >= 0.3 is 0 Å². The molecule has 1 aromatic heterocycles. The van der Waals surface area contributed by atoms with Gasteiger partial charge < -0.3 is 15.7 Å². The molecule has 0 atom stereocenters. The van der Waals surface area contributed by atoms with Crippen LogP contribution in [0.3, 0.4) is 0 Å². The van der Waals surface area contributed by atoms with Gasteiger partial charge in [-0.15, -0.1) is 0 Å². The Morgan fingerprint density at radius 3 is 2.73 bits per heavy atom. The van der Waals surface area contributed by atoms with Crippen LogP contribution in [-0.2, 0) is 6.54 Å². The van der Waals surface area contributed by atoms with Gasteiger partial charge in [-0.2, -0.15) is 0 Å². The molecule has 15 heavy (non-hydrogen) atoms. The van der Waals surface area contributed by atoms with E-state index in [1.54, 1.807) is 0 Å². The van der Waals surface area contributed by atoms with E-state index in [0.717, 1.165) is 11.5 Å². The van der Waals surface area contributed by atoms with Crippen molar-refractivity contribution in [2.45, 2.75) is 26.4 Å². The van der Waals surface area contributed by atoms with Crippen LogP contribution in [0.15, 0.2) is 18.2 Å². The molecule has 0 spiro atoms. The first-order chi connectivity index (χ1) is 7.19. The third kappa shape index (κ3) is 3.18. The second-order valence-electron chi connectivity index (χ2n) is 3.70. The van der Waals surface area contributed by atoms with Crippen LogP contribution in [0.5, 0.6) is 0 Å². The van der Waals surface area contributed by atoms with Crippen LogP contribution in [-0.4, -0.2) is 29.3 Å². The summed E-state index contributed by atoms with van der Waals surface area (Å²) in [6.07, 6.45) is 0. The summed E-state index contributed by atoms with van der Waals surface area (Å²) < 4.78 is 0. The van der Waals surface area contributed by atoms with Crippen molar-refractivity contribution in [1.82, 2.24) is 4.98 Å². The van der Waals surface area contributed by atoms with Crippen LogP contribution in [0.2, 0.25) is 0 Å². The van der Waals surface area contributed by atoms with Gasteiger partial charge in [0.15, 0.2) is 0 Å². The summed E-state index contributed by atoms with van der Waals surface area (Å²) in [5.74, 6) is 0.877. The first kappa shape index (κ1) is 11.9. The number of anilines is 1. The van der Waals surface area contributed by atoms with E-state index < -0.39 is 0 Å². The van der Waals surface area contributed by atoms with Crippen molar-refractivity contribution in [2.75, 3.05) is 18.1 Å². The average Bonchev–Trinajstić information content (AvgIpc) is 2.25. The first-order valence-corrected chi connectivity index (χ1v) is 5.22. The molecule has 0 saturated carbocycles. The first-order valence-electron chi connectivity index (χ1n) is 5.22. The molecular formula is C11H19N3O. The number of hydrogen-bond acceptors (Lipinski definition) is 4. The second kappa shape index (κ2) is 5.68. The molecule has 0 amide bonds. The molecule has 0 saturated heterocycles. The zero-order valence-electron chi connectivity index (χ0n) is 9.35. The van der Waals surface area contributed by atoms with Gasteiger partial charge in [0.1, 0.15) is 5.82 Å². The maximum atomic E-state index is 8.98. The highest BCUT2D eigenvalue weighted by atomic mass is 16.3. The highest BCUT2D eigenvalue weighted by Crippen LogP contribution is 2.13. The minimum Gasteiger partial charge on any atom is -0.395 e. The fraction of sp³-hybridized carbons (Fsp3) is 0.545. The summed E-state index contributed by atoms with van der Waals surface area (Å²) in [4.78, 5) is 6.48. The minimum atomic E-state index is 0.132. The van der Waals surface area contributed by atoms with Crippen LogP contribution in [0.4, 0.5) is 5.82 Å². The summed E-state index contributed by atoms with van der Waals surface area (Å²) in [7, 11) is 0. The standard InChI is InChI=1S/C11H19N3O/c1-9(2)14(6-7-15)11-5-3-4-10(8-12)13-11/h3-5,9,15H,6-8,12H2,1-2H3. The van der Waals surface area contributed by atoms with Gasteiger partial charge in [-0.1, -0.05) is 6.07 Å². The third-order valence-corrected chi connectivity index (χ3v) is 2.26. The van der Waals surface area contributed by atoms with Gasteiger partial charge in [0.2, 0.25) is 0 Å². The molecule has 0 bridgehead atoms. The summed E-state index contributed by atoms with van der Waals surface area (Å²) in [5, 5.41) is 8.98. The van der Waals surface area contributed by atoms with Crippen molar-refractivity contribution in [1.29, 1.82) is 0 Å². The number of rotatable bonds is 5. The lowest BCUT2D eigenvalue weighted by Crippen LogP contribution is -2.34. The minimum absolute atomic E-state index is 0.132. The van der Waals surface area contributed by atoms with Crippen molar-refractivity contribution < 1.29 is 5.11 Å². The molecule has 1 heterocycles. The number of nitrogens with zero attached hydrogens (tertiary/aromatic N) is 2. The largest absolute Gasteiger partial charge is 0.395 e. The SMILES string of the molecule is CC(C)N(CCO)c1cccc(CN)n1. The van der Waals surface area contributed by atoms with Crippen molar-refractivity contribution in [3.63, 3.8) is 0 Å². The fourth-order valence-electron chi connectivity index (χ4n) is 1.49. The Labute approximate surface area is 90.7 Å². The van der Waals surface area contributed by atoms with Gasteiger partial charge in [0.25, 0.3) is 0 Å². The van der Waals surface area contributed by atoms with Crippen LogP contribution in [0.25, 0.3) is 0 Å². The number of aliphatic hydroxyl groups is 1. The molecule has 1 rings (SSSR count). The molecule has 0 aliphatic heterocycles. The van der Waals surface area contributed by atoms with Gasteiger partial charge in [0.05, 0.1) is 12.3 Å². The van der Waals surface area contributed by atoms with Gasteiger partial charge in [-0.3, -0.25) is 0 Å². The highest BCUT2D eigenvalue weighted by Gasteiger charge is 2.10. The highest BCUT2D eigenvalue weighted by molar-refractivity contribution is 5.40. The molecule has 3 N–H and O–H groups in total. The number of nitrogens with two attached hydrogens (primary N) is 1. The molecular weight excluding hydrogens is 190 g/mol. The lowest BCUT2D eigenvalue weighted by atomic mass is 10.3. The number of aliphatic hydroxyl groups excluding tert-OH is 1. The summed E-state index contributed by atoms with van der Waals surface area (Å²) >= 11 is 0. The van der Waals surface area contributed by atoms with E-state index in [0.29, 0.717) is 19.1 Å². The molecule has 4 nitrogen and oxygen atoms in total. The monoisotopic (exact) mass is 209 g/mol. The second-order valence-corrected chi connectivity index (χ2v) is 3.70. The summed E-state index contributed by atoms with van der Waals surface area (Å²) in [6, 6.07) is 6.10. The Hall–Kier alpha value is -1.13. The predicted octanol–water partition coefficient (Wildman–Crippen LogP) is 0.747. The molecule has 0 fully saturated rings. The predicted molar refractivity (Wildman–Crippen MR) is 61.7 cm³/mol. The fourth-order valence-corrected chi connectivity index (χ4v) is 1.49. The maximum absolute atomic E-state index is 8.98. The van der Waals surface area contributed by atoms with Gasteiger partial charge in [-0.05, 0) is 26.0 Å². The Bertz CT molecular complexity index is 302. The normalized spacial score (nSPS) is 10.7. The smallest absolute Gasteiger partial charge is 0.129 e. The van der Waals surface area contributed by atoms with E-state index in [9.17, 15) is 0 Å². The van der Waals surface area contributed by atoms with E-state index in [2.05, 4.69) is 23.7 Å². The molecule has 0 unspecified atom stereocenters. The Kier molecular flexibility index (Phi) is 4.52.